The Bertz CT molecular complexity index is 351. The zero-order chi connectivity index (χ0) is 12.8. The Morgan fingerprint density at radius 1 is 1.33 bits per heavy atom. The third-order valence-electron chi connectivity index (χ3n) is 3.13. The first-order valence-corrected chi connectivity index (χ1v) is 8.11. The van der Waals surface area contributed by atoms with Crippen LogP contribution in [0.4, 0.5) is 5.82 Å². The Balaban J connectivity index is 2.20. The Morgan fingerprint density at radius 3 is 2.89 bits per heavy atom. The van der Waals surface area contributed by atoms with E-state index in [0.29, 0.717) is 5.25 Å². The summed E-state index contributed by atoms with van der Waals surface area (Å²) < 4.78 is 0. The van der Waals surface area contributed by atoms with Crippen LogP contribution in [0.25, 0.3) is 0 Å². The van der Waals surface area contributed by atoms with E-state index >= 15 is 0 Å². The maximum absolute atomic E-state index is 4.76. The minimum Gasteiger partial charge on any atom is -0.370 e. The average Bonchev–Trinajstić information content (AvgIpc) is 2.40. The van der Waals surface area contributed by atoms with Gasteiger partial charge < -0.3 is 5.32 Å². The molecule has 2 heterocycles. The van der Waals surface area contributed by atoms with Crippen molar-refractivity contribution in [3.63, 3.8) is 0 Å². The van der Waals surface area contributed by atoms with Crippen molar-refractivity contribution in [3.8, 4) is 0 Å². The van der Waals surface area contributed by atoms with Crippen molar-refractivity contribution in [2.45, 2.75) is 51.2 Å². The highest BCUT2D eigenvalue weighted by atomic mass is 32.2. The maximum Gasteiger partial charge on any atom is 0.143 e. The second-order valence-corrected chi connectivity index (χ2v) is 6.05. The zero-order valence-electron chi connectivity index (χ0n) is 11.4. The lowest BCUT2D eigenvalue weighted by Gasteiger charge is -2.21. The highest BCUT2D eigenvalue weighted by Crippen LogP contribution is 2.36. The molecule has 18 heavy (non-hydrogen) atoms. The molecule has 1 aliphatic heterocycles. The van der Waals surface area contributed by atoms with Gasteiger partial charge in [0.05, 0.1) is 5.25 Å². The molecule has 1 aliphatic rings. The van der Waals surface area contributed by atoms with Crippen molar-refractivity contribution >= 4 is 17.6 Å². The molecule has 100 valence electrons. The van der Waals surface area contributed by atoms with E-state index in [4.69, 9.17) is 4.98 Å². The number of nitrogens with one attached hydrogen (secondary N) is 1. The Labute approximate surface area is 114 Å². The lowest BCUT2D eigenvalue weighted by Crippen LogP contribution is -2.11. The summed E-state index contributed by atoms with van der Waals surface area (Å²) in [7, 11) is 0. The summed E-state index contributed by atoms with van der Waals surface area (Å²) in [6, 6.07) is 2.10. The number of nitrogens with zero attached hydrogens (tertiary/aromatic N) is 2. The van der Waals surface area contributed by atoms with Crippen molar-refractivity contribution in [2.75, 3.05) is 17.6 Å². The van der Waals surface area contributed by atoms with Gasteiger partial charge in [-0.1, -0.05) is 19.8 Å². The standard InChI is InChI=1S/C14H23N3S/c1-3-7-11-10-13(15-4-2)17-14(16-11)12-8-5-6-9-18-12/h10,12H,3-9H2,1-2H3,(H,15,16,17). The van der Waals surface area contributed by atoms with Crippen LogP contribution in [0.5, 0.6) is 0 Å². The molecule has 1 aromatic rings. The largest absolute Gasteiger partial charge is 0.370 e. The number of anilines is 1. The fourth-order valence-corrected chi connectivity index (χ4v) is 3.51. The predicted octanol–water partition coefficient (Wildman–Crippen LogP) is 3.82. The van der Waals surface area contributed by atoms with Crippen molar-refractivity contribution in [3.05, 3.63) is 17.6 Å². The highest BCUT2D eigenvalue weighted by Gasteiger charge is 2.19. The van der Waals surface area contributed by atoms with Crippen LogP contribution in [0.3, 0.4) is 0 Å². The van der Waals surface area contributed by atoms with E-state index in [0.717, 1.165) is 31.0 Å². The van der Waals surface area contributed by atoms with Crippen molar-refractivity contribution < 1.29 is 0 Å². The molecule has 1 saturated heterocycles. The number of aryl methyl sites for hydroxylation is 1. The van der Waals surface area contributed by atoms with Gasteiger partial charge in [-0.2, -0.15) is 11.8 Å². The van der Waals surface area contributed by atoms with Crippen molar-refractivity contribution in [2.24, 2.45) is 0 Å². The smallest absolute Gasteiger partial charge is 0.143 e. The molecule has 3 nitrogen and oxygen atoms in total. The molecule has 0 aromatic carbocycles. The number of thioether (sulfide) groups is 1. The van der Waals surface area contributed by atoms with Crippen molar-refractivity contribution in [1.29, 1.82) is 0 Å². The molecule has 1 atom stereocenters. The Hall–Kier alpha value is -0.770. The summed E-state index contributed by atoms with van der Waals surface area (Å²) in [5.74, 6) is 3.29. The molecule has 0 spiro atoms. The van der Waals surface area contributed by atoms with Crippen molar-refractivity contribution in [1.82, 2.24) is 9.97 Å². The van der Waals surface area contributed by atoms with Crippen LogP contribution < -0.4 is 5.32 Å². The predicted molar refractivity (Wildman–Crippen MR) is 79.2 cm³/mol. The van der Waals surface area contributed by atoms with Gasteiger partial charge in [0.25, 0.3) is 0 Å². The average molecular weight is 265 g/mol. The summed E-state index contributed by atoms with van der Waals surface area (Å²) in [5.41, 5.74) is 1.18. The lowest BCUT2D eigenvalue weighted by molar-refractivity contribution is 0.657. The van der Waals surface area contributed by atoms with Crippen LogP contribution in [0, 0.1) is 0 Å². The van der Waals surface area contributed by atoms with Crippen LogP contribution in [-0.4, -0.2) is 22.3 Å². The van der Waals surface area contributed by atoms with E-state index in [1.807, 2.05) is 11.8 Å². The first-order valence-electron chi connectivity index (χ1n) is 7.06. The lowest BCUT2D eigenvalue weighted by atomic mass is 10.1. The third kappa shape index (κ3) is 3.61. The molecule has 0 amide bonds. The third-order valence-corrected chi connectivity index (χ3v) is 4.50. The van der Waals surface area contributed by atoms with Gasteiger partial charge in [-0.15, -0.1) is 0 Å². The molecule has 1 aromatic heterocycles. The topological polar surface area (TPSA) is 37.8 Å². The molecule has 1 fully saturated rings. The summed E-state index contributed by atoms with van der Waals surface area (Å²) in [6.45, 7) is 5.22. The second-order valence-electron chi connectivity index (χ2n) is 4.74. The molecule has 2 rings (SSSR count). The van der Waals surface area contributed by atoms with Gasteiger partial charge in [-0.25, -0.2) is 9.97 Å². The first-order chi connectivity index (χ1) is 8.83. The van der Waals surface area contributed by atoms with Crippen LogP contribution in [0.1, 0.15) is 56.3 Å². The Kier molecular flexibility index (Phi) is 5.29. The zero-order valence-corrected chi connectivity index (χ0v) is 12.2. The second kappa shape index (κ2) is 6.98. The summed E-state index contributed by atoms with van der Waals surface area (Å²) in [6.07, 6.45) is 6.07. The van der Waals surface area contributed by atoms with Gasteiger partial charge in [-0.3, -0.25) is 0 Å². The first kappa shape index (κ1) is 13.7. The van der Waals surface area contributed by atoms with Gasteiger partial charge in [0, 0.05) is 18.3 Å². The fraction of sp³-hybridized carbons (Fsp3) is 0.714. The SMILES string of the molecule is CCCc1cc(NCC)nc(C2CCCCS2)n1. The maximum atomic E-state index is 4.76. The van der Waals surface area contributed by atoms with E-state index in [2.05, 4.69) is 30.2 Å². The van der Waals surface area contributed by atoms with Crippen LogP contribution in [-0.2, 0) is 6.42 Å². The van der Waals surface area contributed by atoms with E-state index in [1.54, 1.807) is 0 Å². The molecule has 1 N–H and O–H groups in total. The summed E-state index contributed by atoms with van der Waals surface area (Å²) >= 11 is 2.02. The van der Waals surface area contributed by atoms with Gasteiger partial charge >= 0.3 is 0 Å². The van der Waals surface area contributed by atoms with Gasteiger partial charge in [0.2, 0.25) is 0 Å². The van der Waals surface area contributed by atoms with Gasteiger partial charge in [0.1, 0.15) is 11.6 Å². The molecule has 0 bridgehead atoms. The highest BCUT2D eigenvalue weighted by molar-refractivity contribution is 7.99. The quantitative estimate of drug-likeness (QED) is 0.878. The van der Waals surface area contributed by atoms with E-state index in [1.165, 1.54) is 30.7 Å². The van der Waals surface area contributed by atoms with Crippen LogP contribution in [0.15, 0.2) is 6.07 Å². The van der Waals surface area contributed by atoms with Gasteiger partial charge in [-0.05, 0) is 31.9 Å². The minimum atomic E-state index is 0.507. The number of aromatic nitrogens is 2. The molecule has 4 heteroatoms. The number of hydrogen-bond donors (Lipinski definition) is 1. The molecule has 0 saturated carbocycles. The number of rotatable bonds is 5. The molecule has 1 unspecified atom stereocenters. The summed E-state index contributed by atoms with van der Waals surface area (Å²) in [5, 5.41) is 3.83. The number of hydrogen-bond acceptors (Lipinski definition) is 4. The molecular weight excluding hydrogens is 242 g/mol. The van der Waals surface area contributed by atoms with Crippen LogP contribution >= 0.6 is 11.8 Å². The monoisotopic (exact) mass is 265 g/mol. The van der Waals surface area contributed by atoms with E-state index < -0.39 is 0 Å². The minimum absolute atomic E-state index is 0.507. The Morgan fingerprint density at radius 2 is 2.22 bits per heavy atom. The fourth-order valence-electron chi connectivity index (χ4n) is 2.26. The molecule has 0 aliphatic carbocycles. The summed E-state index contributed by atoms with van der Waals surface area (Å²) in [4.78, 5) is 9.44. The molecular formula is C14H23N3S. The molecule has 0 radical (unpaired) electrons. The van der Waals surface area contributed by atoms with Gasteiger partial charge in [0.15, 0.2) is 0 Å². The van der Waals surface area contributed by atoms with Crippen LogP contribution in [0.2, 0.25) is 0 Å². The van der Waals surface area contributed by atoms with E-state index in [-0.39, 0.29) is 0 Å². The normalized spacial score (nSPS) is 19.8. The van der Waals surface area contributed by atoms with E-state index in [9.17, 15) is 0 Å².